The van der Waals surface area contributed by atoms with E-state index in [0.717, 1.165) is 25.2 Å². The molecule has 1 aromatic rings. The van der Waals surface area contributed by atoms with Gasteiger partial charge in [0.25, 0.3) is 0 Å². The van der Waals surface area contributed by atoms with Gasteiger partial charge in [0.15, 0.2) is 5.12 Å². The summed E-state index contributed by atoms with van der Waals surface area (Å²) in [6.07, 6.45) is -0.0640. The zero-order valence-electron chi connectivity index (χ0n) is 13.1. The van der Waals surface area contributed by atoms with Crippen LogP contribution >= 0.6 is 11.8 Å². The third kappa shape index (κ3) is 7.18. The van der Waals surface area contributed by atoms with Crippen LogP contribution in [0.25, 0.3) is 6.08 Å². The molecule has 0 aliphatic carbocycles. The number of carbonyl (C=O) groups is 2. The van der Waals surface area contributed by atoms with Crippen molar-refractivity contribution in [1.82, 2.24) is 15.1 Å². The van der Waals surface area contributed by atoms with E-state index in [0.29, 0.717) is 5.25 Å². The Labute approximate surface area is 141 Å². The van der Waals surface area contributed by atoms with Gasteiger partial charge < -0.3 is 10.4 Å². The number of halogens is 3. The first-order chi connectivity index (χ1) is 11.1. The van der Waals surface area contributed by atoms with E-state index in [-0.39, 0.29) is 5.12 Å². The fourth-order valence-electron chi connectivity index (χ4n) is 1.94. The van der Waals surface area contributed by atoms with E-state index in [2.05, 4.69) is 16.5 Å². The molecule has 1 unspecified atom stereocenters. The normalized spacial score (nSPS) is 19.5. The van der Waals surface area contributed by atoms with E-state index >= 15 is 0 Å². The monoisotopic (exact) mass is 365 g/mol. The van der Waals surface area contributed by atoms with Gasteiger partial charge in [-0.05, 0) is 30.7 Å². The molecular formula is C14H18F3N3O3S. The van der Waals surface area contributed by atoms with Crippen LogP contribution in [-0.4, -0.2) is 50.5 Å². The summed E-state index contributed by atoms with van der Waals surface area (Å²) < 4.78 is 33.5. The summed E-state index contributed by atoms with van der Waals surface area (Å²) in [6, 6.07) is 1.98. The van der Waals surface area contributed by atoms with Crippen molar-refractivity contribution < 1.29 is 27.9 Å². The molecule has 1 aliphatic heterocycles. The van der Waals surface area contributed by atoms with Gasteiger partial charge in [-0.2, -0.15) is 18.3 Å². The molecular weight excluding hydrogens is 347 g/mol. The van der Waals surface area contributed by atoms with Crippen LogP contribution in [0.3, 0.4) is 0 Å². The number of carboxylic acids is 1. The second kappa shape index (κ2) is 8.88. The summed E-state index contributed by atoms with van der Waals surface area (Å²) >= 11 is 1.43. The van der Waals surface area contributed by atoms with Gasteiger partial charge in [0.2, 0.25) is 0 Å². The Bertz CT molecular complexity index is 614. The van der Waals surface area contributed by atoms with Crippen molar-refractivity contribution in [3.05, 3.63) is 23.5 Å². The lowest BCUT2D eigenvalue weighted by Crippen LogP contribution is -2.32. The summed E-state index contributed by atoms with van der Waals surface area (Å²) in [5.74, 6) is -2.76. The SMILES string of the molecule is CC(=O)SC1CCNCC1=Cc1ccn(C)n1.O=C(O)C(F)(F)F. The van der Waals surface area contributed by atoms with Gasteiger partial charge in [0.05, 0.1) is 5.69 Å². The van der Waals surface area contributed by atoms with Crippen molar-refractivity contribution in [2.75, 3.05) is 13.1 Å². The quantitative estimate of drug-likeness (QED) is 0.835. The Morgan fingerprint density at radius 3 is 2.58 bits per heavy atom. The minimum Gasteiger partial charge on any atom is -0.475 e. The number of nitrogens with one attached hydrogen (secondary N) is 1. The molecule has 6 nitrogen and oxygen atoms in total. The number of rotatable bonds is 2. The fourth-order valence-corrected chi connectivity index (χ4v) is 2.88. The number of aromatic nitrogens is 2. The fraction of sp³-hybridized carbons (Fsp3) is 0.500. The maximum atomic E-state index is 11.2. The van der Waals surface area contributed by atoms with E-state index < -0.39 is 12.1 Å². The molecule has 1 atom stereocenters. The summed E-state index contributed by atoms with van der Waals surface area (Å²) in [5, 5.41) is 15.3. The smallest absolute Gasteiger partial charge is 0.475 e. The molecule has 2 rings (SSSR count). The van der Waals surface area contributed by atoms with Gasteiger partial charge in [0.1, 0.15) is 0 Å². The van der Waals surface area contributed by atoms with Crippen LogP contribution < -0.4 is 5.32 Å². The predicted molar refractivity (Wildman–Crippen MR) is 84.4 cm³/mol. The number of thioether (sulfide) groups is 1. The average Bonchev–Trinajstić information content (AvgIpc) is 2.85. The molecule has 0 bridgehead atoms. The number of aliphatic carboxylic acids is 1. The molecule has 0 radical (unpaired) electrons. The van der Waals surface area contributed by atoms with Gasteiger partial charge in [-0.15, -0.1) is 0 Å². The molecule has 2 N–H and O–H groups in total. The molecule has 1 saturated heterocycles. The maximum absolute atomic E-state index is 11.2. The van der Waals surface area contributed by atoms with Crippen LogP contribution in [0, 0.1) is 0 Å². The Morgan fingerprint density at radius 2 is 2.12 bits per heavy atom. The Kier molecular flexibility index (Phi) is 7.49. The lowest BCUT2D eigenvalue weighted by atomic mass is 10.0. The van der Waals surface area contributed by atoms with E-state index in [1.807, 2.05) is 19.3 Å². The number of hydrogen-bond acceptors (Lipinski definition) is 5. The highest BCUT2D eigenvalue weighted by molar-refractivity contribution is 8.14. The van der Waals surface area contributed by atoms with Crippen molar-refractivity contribution in [2.24, 2.45) is 7.05 Å². The van der Waals surface area contributed by atoms with Gasteiger partial charge in [0, 0.05) is 32.0 Å². The van der Waals surface area contributed by atoms with E-state index in [4.69, 9.17) is 9.90 Å². The van der Waals surface area contributed by atoms with Gasteiger partial charge in [-0.1, -0.05) is 11.8 Å². The molecule has 0 spiro atoms. The van der Waals surface area contributed by atoms with Crippen molar-refractivity contribution >= 4 is 28.9 Å². The molecule has 24 heavy (non-hydrogen) atoms. The molecule has 10 heteroatoms. The summed E-state index contributed by atoms with van der Waals surface area (Å²) in [4.78, 5) is 20.1. The van der Waals surface area contributed by atoms with Gasteiger partial charge >= 0.3 is 12.1 Å². The van der Waals surface area contributed by atoms with Crippen molar-refractivity contribution in [1.29, 1.82) is 0 Å². The molecule has 134 valence electrons. The van der Waals surface area contributed by atoms with Crippen molar-refractivity contribution in [3.63, 3.8) is 0 Å². The average molecular weight is 365 g/mol. The predicted octanol–water partition coefficient (Wildman–Crippen LogP) is 2.08. The number of carboxylic acid groups (broad SMARTS) is 1. The lowest BCUT2D eigenvalue weighted by molar-refractivity contribution is -0.192. The summed E-state index contributed by atoms with van der Waals surface area (Å²) in [5.41, 5.74) is 2.22. The van der Waals surface area contributed by atoms with Gasteiger partial charge in [-0.25, -0.2) is 4.79 Å². The van der Waals surface area contributed by atoms with E-state index in [1.165, 1.54) is 17.3 Å². The highest BCUT2D eigenvalue weighted by atomic mass is 32.2. The highest BCUT2D eigenvalue weighted by Gasteiger charge is 2.38. The van der Waals surface area contributed by atoms with Crippen LogP contribution in [0.5, 0.6) is 0 Å². The highest BCUT2D eigenvalue weighted by Crippen LogP contribution is 2.26. The third-order valence-electron chi connectivity index (χ3n) is 2.94. The van der Waals surface area contributed by atoms with Crippen LogP contribution in [0.15, 0.2) is 17.8 Å². The Balaban J connectivity index is 0.000000351. The zero-order valence-corrected chi connectivity index (χ0v) is 13.9. The third-order valence-corrected chi connectivity index (χ3v) is 4.10. The second-order valence-corrected chi connectivity index (χ2v) is 6.38. The number of aryl methyl sites for hydroxylation is 1. The van der Waals surface area contributed by atoms with E-state index in [1.54, 1.807) is 11.6 Å². The molecule has 2 heterocycles. The zero-order chi connectivity index (χ0) is 18.3. The second-order valence-electron chi connectivity index (χ2n) is 5.00. The first kappa shape index (κ1) is 20.2. The summed E-state index contributed by atoms with van der Waals surface area (Å²) in [7, 11) is 1.91. The maximum Gasteiger partial charge on any atom is 0.490 e. The molecule has 0 amide bonds. The number of piperidine rings is 1. The Morgan fingerprint density at radius 1 is 1.50 bits per heavy atom. The topological polar surface area (TPSA) is 84.2 Å². The number of nitrogens with zero attached hydrogens (tertiary/aromatic N) is 2. The molecule has 0 aromatic carbocycles. The van der Waals surface area contributed by atoms with Crippen LogP contribution in [-0.2, 0) is 16.6 Å². The molecule has 1 aliphatic rings. The van der Waals surface area contributed by atoms with Crippen molar-refractivity contribution in [3.8, 4) is 0 Å². The molecule has 1 aromatic heterocycles. The minimum absolute atomic E-state index is 0.184. The number of hydrogen-bond donors (Lipinski definition) is 2. The standard InChI is InChI=1S/C12H17N3OS.C2HF3O2/c1-9(16)17-12-3-5-13-8-10(12)7-11-4-6-15(2)14-11;3-2(4,5)1(6)7/h4,6-7,12-13H,3,5,8H2,1-2H3;(H,6,7). The lowest BCUT2D eigenvalue weighted by Gasteiger charge is -2.24. The number of alkyl halides is 3. The van der Waals surface area contributed by atoms with Crippen LogP contribution in [0.1, 0.15) is 19.0 Å². The Hall–Kier alpha value is -1.81. The van der Waals surface area contributed by atoms with Crippen LogP contribution in [0.2, 0.25) is 0 Å². The largest absolute Gasteiger partial charge is 0.490 e. The van der Waals surface area contributed by atoms with E-state index in [9.17, 15) is 18.0 Å². The molecule has 1 fully saturated rings. The minimum atomic E-state index is -5.08. The van der Waals surface area contributed by atoms with Crippen LogP contribution in [0.4, 0.5) is 13.2 Å². The summed E-state index contributed by atoms with van der Waals surface area (Å²) in [6.45, 7) is 3.46. The van der Waals surface area contributed by atoms with Gasteiger partial charge in [-0.3, -0.25) is 9.48 Å². The first-order valence-corrected chi connectivity index (χ1v) is 7.85. The number of carbonyl (C=O) groups excluding carboxylic acids is 1. The van der Waals surface area contributed by atoms with Crippen molar-refractivity contribution in [2.45, 2.75) is 24.8 Å². The first-order valence-electron chi connectivity index (χ1n) is 6.97. The molecule has 0 saturated carbocycles.